The molecule has 3 atom stereocenters. The highest BCUT2D eigenvalue weighted by molar-refractivity contribution is 6.31. The second kappa shape index (κ2) is 9.89. The first kappa shape index (κ1) is 25.2. The Morgan fingerprint density at radius 2 is 1.74 bits per heavy atom. The van der Waals surface area contributed by atoms with Gasteiger partial charge in [0, 0.05) is 40.1 Å². The number of fused-ring (bicyclic) bond motifs is 7. The SMILES string of the molecule is CC(C)[C@H](NC(=O)[C@@H]1Cc2c([nH]c3ccccc23)[C@H]2c3ccccc3C(=O)N21)C(=O)NCc1ccccc1Cl. The van der Waals surface area contributed by atoms with E-state index in [1.807, 2.05) is 80.6 Å². The Labute approximate surface area is 231 Å². The van der Waals surface area contributed by atoms with Crippen LogP contribution in [0.5, 0.6) is 0 Å². The summed E-state index contributed by atoms with van der Waals surface area (Å²) in [5, 5.41) is 7.50. The zero-order valence-electron chi connectivity index (χ0n) is 21.7. The number of carbonyl (C=O) groups excluding carboxylic acids is 3. The van der Waals surface area contributed by atoms with Gasteiger partial charge in [-0.1, -0.05) is 80.0 Å². The molecule has 8 heteroatoms. The van der Waals surface area contributed by atoms with Crippen molar-refractivity contribution in [2.45, 2.75) is 44.9 Å². The lowest BCUT2D eigenvalue weighted by Gasteiger charge is -2.38. The maximum Gasteiger partial charge on any atom is 0.255 e. The number of carbonyl (C=O) groups is 3. The highest BCUT2D eigenvalue weighted by atomic mass is 35.5. The molecule has 39 heavy (non-hydrogen) atoms. The molecule has 4 aromatic rings. The molecule has 0 spiro atoms. The van der Waals surface area contributed by atoms with E-state index >= 15 is 0 Å². The molecule has 3 heterocycles. The number of aromatic amines is 1. The van der Waals surface area contributed by atoms with Gasteiger partial charge < -0.3 is 20.5 Å². The van der Waals surface area contributed by atoms with Gasteiger partial charge in [0.2, 0.25) is 11.8 Å². The Morgan fingerprint density at radius 1 is 1.03 bits per heavy atom. The number of amides is 3. The molecule has 0 fully saturated rings. The number of hydrogen-bond acceptors (Lipinski definition) is 3. The van der Waals surface area contributed by atoms with E-state index in [9.17, 15) is 14.4 Å². The summed E-state index contributed by atoms with van der Waals surface area (Å²) in [4.78, 5) is 46.0. The standard InChI is InChI=1S/C31H29ClN4O3/c1-17(2)26(30(38)33-16-18-9-3-7-13-23(18)32)35-29(37)25-15-22-19-10-6-8-14-24(19)34-27(22)28-20-11-4-5-12-21(20)31(39)36(25)28/h3-14,17,25-26,28,34H,15-16H2,1-2H3,(H,33,38)(H,35,37)/t25-,26-,28+/m0/s1. The summed E-state index contributed by atoms with van der Waals surface area (Å²) in [7, 11) is 0. The van der Waals surface area contributed by atoms with Crippen molar-refractivity contribution >= 4 is 40.2 Å². The summed E-state index contributed by atoms with van der Waals surface area (Å²) in [6.07, 6.45) is 0.355. The van der Waals surface area contributed by atoms with Crippen molar-refractivity contribution in [3.8, 4) is 0 Å². The highest BCUT2D eigenvalue weighted by Gasteiger charge is 2.49. The second-order valence-corrected chi connectivity index (χ2v) is 10.9. The lowest BCUT2D eigenvalue weighted by molar-refractivity contribution is -0.133. The molecule has 3 amide bonds. The first-order chi connectivity index (χ1) is 18.8. The lowest BCUT2D eigenvalue weighted by atomic mass is 9.89. The van der Waals surface area contributed by atoms with Crippen molar-refractivity contribution in [2.75, 3.05) is 0 Å². The number of benzene rings is 3. The minimum Gasteiger partial charge on any atom is -0.356 e. The van der Waals surface area contributed by atoms with Crippen molar-refractivity contribution in [1.29, 1.82) is 0 Å². The van der Waals surface area contributed by atoms with Crippen LogP contribution in [0.15, 0.2) is 72.8 Å². The topological polar surface area (TPSA) is 94.3 Å². The fourth-order valence-corrected chi connectivity index (χ4v) is 6.06. The molecule has 2 aliphatic rings. The third-order valence-electron chi connectivity index (χ3n) is 7.81. The van der Waals surface area contributed by atoms with Gasteiger partial charge in [-0.25, -0.2) is 0 Å². The van der Waals surface area contributed by atoms with E-state index in [-0.39, 0.29) is 30.2 Å². The van der Waals surface area contributed by atoms with E-state index < -0.39 is 18.1 Å². The van der Waals surface area contributed by atoms with Crippen molar-refractivity contribution in [3.63, 3.8) is 0 Å². The van der Waals surface area contributed by atoms with Crippen molar-refractivity contribution in [2.24, 2.45) is 5.92 Å². The zero-order chi connectivity index (χ0) is 27.3. The van der Waals surface area contributed by atoms with Gasteiger partial charge in [0.25, 0.3) is 5.91 Å². The molecule has 0 bridgehead atoms. The summed E-state index contributed by atoms with van der Waals surface area (Å²) < 4.78 is 0. The average molecular weight is 541 g/mol. The molecular weight excluding hydrogens is 512 g/mol. The molecule has 0 aliphatic carbocycles. The van der Waals surface area contributed by atoms with Gasteiger partial charge in [0.15, 0.2) is 0 Å². The third kappa shape index (κ3) is 4.27. The van der Waals surface area contributed by atoms with Gasteiger partial charge >= 0.3 is 0 Å². The largest absolute Gasteiger partial charge is 0.356 e. The molecule has 7 nitrogen and oxygen atoms in total. The number of rotatable bonds is 6. The summed E-state index contributed by atoms with van der Waals surface area (Å²) in [5.41, 5.74) is 5.22. The quantitative estimate of drug-likeness (QED) is 0.329. The van der Waals surface area contributed by atoms with Crippen LogP contribution in [-0.2, 0) is 22.6 Å². The first-order valence-electron chi connectivity index (χ1n) is 13.2. The maximum atomic E-state index is 13.9. The van der Waals surface area contributed by atoms with Crippen molar-refractivity contribution < 1.29 is 14.4 Å². The minimum absolute atomic E-state index is 0.172. The third-order valence-corrected chi connectivity index (χ3v) is 8.18. The Hall–Kier alpha value is -4.10. The molecule has 0 saturated carbocycles. The van der Waals surface area contributed by atoms with Gasteiger partial charge in [-0.2, -0.15) is 0 Å². The van der Waals surface area contributed by atoms with Crippen LogP contribution in [0.25, 0.3) is 10.9 Å². The summed E-state index contributed by atoms with van der Waals surface area (Å²) >= 11 is 6.25. The van der Waals surface area contributed by atoms with Crippen LogP contribution in [0.1, 0.15) is 52.6 Å². The molecule has 2 aliphatic heterocycles. The van der Waals surface area contributed by atoms with Crippen LogP contribution in [0.2, 0.25) is 5.02 Å². The van der Waals surface area contributed by atoms with E-state index in [1.54, 1.807) is 11.0 Å². The number of hydrogen-bond donors (Lipinski definition) is 3. The number of H-pyrrole nitrogens is 1. The van der Waals surface area contributed by atoms with Crippen LogP contribution in [-0.4, -0.2) is 39.7 Å². The molecule has 3 N–H and O–H groups in total. The van der Waals surface area contributed by atoms with E-state index in [0.717, 1.165) is 33.3 Å². The van der Waals surface area contributed by atoms with E-state index in [4.69, 9.17) is 11.6 Å². The van der Waals surface area contributed by atoms with Crippen LogP contribution in [0, 0.1) is 5.92 Å². The smallest absolute Gasteiger partial charge is 0.255 e. The van der Waals surface area contributed by atoms with Crippen LogP contribution in [0.3, 0.4) is 0 Å². The van der Waals surface area contributed by atoms with Crippen molar-refractivity contribution in [3.05, 3.63) is 106 Å². The Morgan fingerprint density at radius 3 is 2.54 bits per heavy atom. The summed E-state index contributed by atoms with van der Waals surface area (Å²) in [5.74, 6) is -0.989. The molecule has 6 rings (SSSR count). The van der Waals surface area contributed by atoms with Gasteiger partial charge in [-0.05, 0) is 40.8 Å². The second-order valence-electron chi connectivity index (χ2n) is 10.5. The average Bonchev–Trinajstić information content (AvgIpc) is 3.46. The molecule has 0 unspecified atom stereocenters. The highest BCUT2D eigenvalue weighted by Crippen LogP contribution is 2.46. The molecule has 0 saturated heterocycles. The predicted octanol–water partition coefficient (Wildman–Crippen LogP) is 4.75. The molecule has 3 aromatic carbocycles. The van der Waals surface area contributed by atoms with Crippen LogP contribution < -0.4 is 10.6 Å². The van der Waals surface area contributed by atoms with Gasteiger partial charge in [0.05, 0.1) is 6.04 Å². The Bertz CT molecular complexity index is 1610. The number of nitrogens with zero attached hydrogens (tertiary/aromatic N) is 1. The normalized spacial score (nSPS) is 18.5. The molecule has 198 valence electrons. The predicted molar refractivity (Wildman–Crippen MR) is 150 cm³/mol. The first-order valence-corrected chi connectivity index (χ1v) is 13.6. The minimum atomic E-state index is -0.775. The number of para-hydroxylation sites is 1. The Balaban J connectivity index is 1.31. The number of nitrogens with one attached hydrogen (secondary N) is 3. The fraction of sp³-hybridized carbons (Fsp3) is 0.258. The van der Waals surface area contributed by atoms with Crippen LogP contribution >= 0.6 is 11.6 Å². The lowest BCUT2D eigenvalue weighted by Crippen LogP contribution is -2.57. The number of aromatic nitrogens is 1. The van der Waals surface area contributed by atoms with E-state index in [0.29, 0.717) is 17.0 Å². The molecule has 0 radical (unpaired) electrons. The molecular formula is C31H29ClN4O3. The van der Waals surface area contributed by atoms with E-state index in [1.165, 1.54) is 0 Å². The number of halogens is 1. The fourth-order valence-electron chi connectivity index (χ4n) is 5.86. The summed E-state index contributed by atoms with van der Waals surface area (Å²) in [6.45, 7) is 4.03. The van der Waals surface area contributed by atoms with E-state index in [2.05, 4.69) is 15.6 Å². The van der Waals surface area contributed by atoms with Gasteiger partial charge in [-0.15, -0.1) is 0 Å². The van der Waals surface area contributed by atoms with Crippen LogP contribution in [0.4, 0.5) is 0 Å². The zero-order valence-corrected chi connectivity index (χ0v) is 22.5. The van der Waals surface area contributed by atoms with Gasteiger partial charge in [-0.3, -0.25) is 14.4 Å². The summed E-state index contributed by atoms with van der Waals surface area (Å²) in [6, 6.07) is 20.9. The van der Waals surface area contributed by atoms with Crippen molar-refractivity contribution in [1.82, 2.24) is 20.5 Å². The monoisotopic (exact) mass is 540 g/mol. The molecule has 1 aromatic heterocycles. The Kier molecular flexibility index (Phi) is 6.39. The maximum absolute atomic E-state index is 13.9. The van der Waals surface area contributed by atoms with Gasteiger partial charge in [0.1, 0.15) is 12.1 Å².